The number of hydrogen-bond donors (Lipinski definition) is 2. The van der Waals surface area contributed by atoms with E-state index in [2.05, 4.69) is 22.5 Å². The van der Waals surface area contributed by atoms with Crippen LogP contribution in [-0.2, 0) is 9.84 Å². The molecule has 1 unspecified atom stereocenters. The summed E-state index contributed by atoms with van der Waals surface area (Å²) in [5, 5.41) is 5.40. The highest BCUT2D eigenvalue weighted by Gasteiger charge is 2.31. The first-order chi connectivity index (χ1) is 10.0. The van der Waals surface area contributed by atoms with Crippen LogP contribution in [0.4, 0.5) is 5.69 Å². The summed E-state index contributed by atoms with van der Waals surface area (Å²) in [6.45, 7) is 3.05. The fraction of sp³-hybridized carbons (Fsp3) is 0.571. The van der Waals surface area contributed by atoms with Crippen molar-refractivity contribution < 1.29 is 13.2 Å². The second kappa shape index (κ2) is 6.89. The summed E-state index contributed by atoms with van der Waals surface area (Å²) in [5.41, 5.74) is 1.14. The Labute approximate surface area is 125 Å². The molecule has 7 heteroatoms. The summed E-state index contributed by atoms with van der Waals surface area (Å²) < 4.78 is 23.4. The highest BCUT2D eigenvalue weighted by molar-refractivity contribution is 7.92. The molecule has 1 fully saturated rings. The van der Waals surface area contributed by atoms with Crippen molar-refractivity contribution >= 4 is 21.4 Å². The average molecular weight is 311 g/mol. The second-order valence-corrected chi connectivity index (χ2v) is 7.60. The molecule has 1 aliphatic rings. The minimum absolute atomic E-state index is 0.162. The third-order valence-corrected chi connectivity index (χ3v) is 5.80. The summed E-state index contributed by atoms with van der Waals surface area (Å²) in [6.07, 6.45) is 3.86. The van der Waals surface area contributed by atoms with Crippen LogP contribution in [0, 0.1) is 0 Å². The molecule has 0 aliphatic carbocycles. The number of carbonyl (C=O) groups is 1. The van der Waals surface area contributed by atoms with E-state index in [-0.39, 0.29) is 18.2 Å². The molecule has 21 heavy (non-hydrogen) atoms. The zero-order chi connectivity index (χ0) is 15.3. The molecule has 0 aromatic carbocycles. The number of rotatable bonds is 6. The van der Waals surface area contributed by atoms with Crippen LogP contribution in [0.5, 0.6) is 0 Å². The fourth-order valence-corrected chi connectivity index (χ4v) is 4.08. The topological polar surface area (TPSA) is 88.2 Å². The molecule has 1 aromatic heterocycles. The van der Waals surface area contributed by atoms with E-state index in [0.717, 1.165) is 18.7 Å². The van der Waals surface area contributed by atoms with Crippen molar-refractivity contribution in [1.29, 1.82) is 0 Å². The number of hydrogen-bond acceptors (Lipinski definition) is 5. The van der Waals surface area contributed by atoms with Crippen LogP contribution in [0.25, 0.3) is 0 Å². The third-order valence-electron chi connectivity index (χ3n) is 3.52. The lowest BCUT2D eigenvalue weighted by molar-refractivity contribution is 0.0948. The van der Waals surface area contributed by atoms with E-state index in [0.29, 0.717) is 18.5 Å². The Morgan fingerprint density at radius 1 is 1.48 bits per heavy atom. The molecular formula is C14H21N3O3S. The van der Waals surface area contributed by atoms with Gasteiger partial charge in [-0.25, -0.2) is 8.42 Å². The Morgan fingerprint density at radius 2 is 2.29 bits per heavy atom. The summed E-state index contributed by atoms with van der Waals surface area (Å²) in [5.74, 6) is -0.111. The number of carbonyl (C=O) groups excluding carboxylic acids is 1. The Morgan fingerprint density at radius 3 is 2.95 bits per heavy atom. The molecule has 0 radical (unpaired) electrons. The maximum absolute atomic E-state index is 12.0. The molecule has 116 valence electrons. The predicted molar refractivity (Wildman–Crippen MR) is 82.2 cm³/mol. The molecule has 0 saturated carbocycles. The van der Waals surface area contributed by atoms with Gasteiger partial charge in [-0.05, 0) is 31.4 Å². The van der Waals surface area contributed by atoms with Crippen LogP contribution < -0.4 is 10.6 Å². The van der Waals surface area contributed by atoms with E-state index in [1.807, 2.05) is 0 Å². The lowest BCUT2D eigenvalue weighted by atomic mass is 10.2. The first-order valence-electron chi connectivity index (χ1n) is 7.22. The van der Waals surface area contributed by atoms with Gasteiger partial charge in [0.1, 0.15) is 5.69 Å². The standard InChI is InChI=1S/C14H21N3O3S/c1-2-6-15-11-5-7-16-13(9-11)14(18)17-10-12-4-3-8-21(12,19)20/h5,7,9,12H,2-4,6,8,10H2,1H3,(H,15,16)(H,17,18). The molecule has 2 heterocycles. The number of nitrogens with one attached hydrogen (secondary N) is 2. The Bertz CT molecular complexity index is 601. The van der Waals surface area contributed by atoms with Gasteiger partial charge in [-0.2, -0.15) is 0 Å². The Balaban J connectivity index is 1.94. The molecular weight excluding hydrogens is 290 g/mol. The van der Waals surface area contributed by atoms with Gasteiger partial charge >= 0.3 is 0 Å². The van der Waals surface area contributed by atoms with Crippen LogP contribution in [-0.4, -0.2) is 43.4 Å². The fourth-order valence-electron chi connectivity index (χ4n) is 2.32. The average Bonchev–Trinajstić information content (AvgIpc) is 2.81. The summed E-state index contributed by atoms with van der Waals surface area (Å²) in [4.78, 5) is 16.1. The van der Waals surface area contributed by atoms with Crippen LogP contribution >= 0.6 is 0 Å². The second-order valence-electron chi connectivity index (χ2n) is 5.20. The molecule has 1 atom stereocenters. The lowest BCUT2D eigenvalue weighted by Crippen LogP contribution is -2.35. The van der Waals surface area contributed by atoms with Crippen molar-refractivity contribution in [3.05, 3.63) is 24.0 Å². The first-order valence-corrected chi connectivity index (χ1v) is 8.94. The van der Waals surface area contributed by atoms with E-state index < -0.39 is 15.1 Å². The zero-order valence-corrected chi connectivity index (χ0v) is 12.9. The van der Waals surface area contributed by atoms with Crippen LogP contribution in [0.2, 0.25) is 0 Å². The monoisotopic (exact) mass is 311 g/mol. The van der Waals surface area contributed by atoms with Crippen LogP contribution in [0.3, 0.4) is 0 Å². The largest absolute Gasteiger partial charge is 0.385 e. The first kappa shape index (κ1) is 15.8. The van der Waals surface area contributed by atoms with Crippen LogP contribution in [0.1, 0.15) is 36.7 Å². The smallest absolute Gasteiger partial charge is 0.269 e. The summed E-state index contributed by atoms with van der Waals surface area (Å²) >= 11 is 0. The van der Waals surface area contributed by atoms with E-state index in [1.165, 1.54) is 0 Å². The molecule has 2 rings (SSSR count). The van der Waals surface area contributed by atoms with Gasteiger partial charge in [0.25, 0.3) is 5.91 Å². The molecule has 0 bridgehead atoms. The number of nitrogens with zero attached hydrogens (tertiary/aromatic N) is 1. The minimum atomic E-state index is -3.03. The maximum atomic E-state index is 12.0. The van der Waals surface area contributed by atoms with Crippen molar-refractivity contribution in [2.24, 2.45) is 0 Å². The highest BCUT2D eigenvalue weighted by Crippen LogP contribution is 2.19. The van der Waals surface area contributed by atoms with Crippen molar-refractivity contribution in [3.63, 3.8) is 0 Å². The molecule has 1 saturated heterocycles. The number of anilines is 1. The van der Waals surface area contributed by atoms with Crippen molar-refractivity contribution in [2.45, 2.75) is 31.4 Å². The summed E-state index contributed by atoms with van der Waals surface area (Å²) in [7, 11) is -3.03. The number of sulfone groups is 1. The molecule has 1 aliphatic heterocycles. The van der Waals surface area contributed by atoms with Gasteiger partial charge in [0.15, 0.2) is 9.84 Å². The number of aromatic nitrogens is 1. The van der Waals surface area contributed by atoms with Crippen molar-refractivity contribution in [2.75, 3.05) is 24.2 Å². The van der Waals surface area contributed by atoms with Gasteiger partial charge in [-0.1, -0.05) is 6.92 Å². The molecule has 0 spiro atoms. The summed E-state index contributed by atoms with van der Waals surface area (Å²) in [6, 6.07) is 3.47. The minimum Gasteiger partial charge on any atom is -0.385 e. The predicted octanol–water partition coefficient (Wildman–Crippen LogP) is 1.21. The molecule has 6 nitrogen and oxygen atoms in total. The van der Waals surface area contributed by atoms with Gasteiger partial charge in [0.2, 0.25) is 0 Å². The van der Waals surface area contributed by atoms with Gasteiger partial charge in [0.05, 0.1) is 11.0 Å². The number of amides is 1. The Kier molecular flexibility index (Phi) is 5.17. The van der Waals surface area contributed by atoms with Gasteiger partial charge in [0, 0.05) is 25.0 Å². The van der Waals surface area contributed by atoms with Gasteiger partial charge in [-0.3, -0.25) is 9.78 Å². The lowest BCUT2D eigenvalue weighted by Gasteiger charge is -2.11. The quantitative estimate of drug-likeness (QED) is 0.824. The molecule has 1 amide bonds. The van der Waals surface area contributed by atoms with Gasteiger partial charge < -0.3 is 10.6 Å². The van der Waals surface area contributed by atoms with E-state index in [4.69, 9.17) is 0 Å². The van der Waals surface area contributed by atoms with E-state index in [1.54, 1.807) is 18.3 Å². The highest BCUT2D eigenvalue weighted by atomic mass is 32.2. The Hall–Kier alpha value is -1.63. The number of pyridine rings is 1. The molecule has 1 aromatic rings. The normalized spacial score (nSPS) is 20.1. The van der Waals surface area contributed by atoms with Crippen molar-refractivity contribution in [1.82, 2.24) is 10.3 Å². The van der Waals surface area contributed by atoms with E-state index in [9.17, 15) is 13.2 Å². The molecule has 2 N–H and O–H groups in total. The van der Waals surface area contributed by atoms with Crippen LogP contribution in [0.15, 0.2) is 18.3 Å². The van der Waals surface area contributed by atoms with E-state index >= 15 is 0 Å². The maximum Gasteiger partial charge on any atom is 0.269 e. The van der Waals surface area contributed by atoms with Gasteiger partial charge in [-0.15, -0.1) is 0 Å². The zero-order valence-electron chi connectivity index (χ0n) is 12.1. The van der Waals surface area contributed by atoms with Crippen molar-refractivity contribution in [3.8, 4) is 0 Å². The SMILES string of the molecule is CCCNc1ccnc(C(=O)NCC2CCCS2(=O)=O)c1. The third kappa shape index (κ3) is 4.17.